The number of fused-ring (bicyclic) bond motifs is 1. The fourth-order valence-corrected chi connectivity index (χ4v) is 2.22. The van der Waals surface area contributed by atoms with Crippen molar-refractivity contribution in [3.8, 4) is 0 Å². The summed E-state index contributed by atoms with van der Waals surface area (Å²) in [6, 6.07) is 15.4. The van der Waals surface area contributed by atoms with E-state index in [-0.39, 0.29) is 5.82 Å². The van der Waals surface area contributed by atoms with Gasteiger partial charge < -0.3 is 10.1 Å². The van der Waals surface area contributed by atoms with Crippen LogP contribution in [0.2, 0.25) is 0 Å². The van der Waals surface area contributed by atoms with Crippen LogP contribution >= 0.6 is 0 Å². The molecule has 1 aromatic heterocycles. The summed E-state index contributed by atoms with van der Waals surface area (Å²) in [6.07, 6.45) is 0.651. The number of H-pyrrole nitrogens is 1. The summed E-state index contributed by atoms with van der Waals surface area (Å²) in [4.78, 5) is 10.6. The first-order valence-electron chi connectivity index (χ1n) is 5.90. The van der Waals surface area contributed by atoms with Gasteiger partial charge in [-0.05, 0) is 28.5 Å². The predicted molar refractivity (Wildman–Crippen MR) is 72.0 cm³/mol. The lowest BCUT2D eigenvalue weighted by atomic mass is 10.0. The molecule has 0 aliphatic heterocycles. The maximum atomic E-state index is 11.0. The van der Waals surface area contributed by atoms with E-state index in [9.17, 15) is 10.1 Å². The predicted octanol–water partition coefficient (Wildman–Crippen LogP) is 3.06. The van der Waals surface area contributed by atoms with E-state index in [0.717, 1.165) is 11.1 Å². The Morgan fingerprint density at radius 3 is 2.63 bits per heavy atom. The van der Waals surface area contributed by atoms with Gasteiger partial charge in [-0.2, -0.15) is 5.10 Å². The molecule has 19 heavy (non-hydrogen) atoms. The highest BCUT2D eigenvalue weighted by atomic mass is 16.6. The molecule has 5 heteroatoms. The van der Waals surface area contributed by atoms with Gasteiger partial charge in [0.05, 0.1) is 10.6 Å². The number of hydrogen-bond donors (Lipinski definition) is 1. The highest BCUT2D eigenvalue weighted by Gasteiger charge is 2.19. The van der Waals surface area contributed by atoms with Crippen molar-refractivity contribution < 1.29 is 4.92 Å². The minimum absolute atomic E-state index is 0.110. The van der Waals surface area contributed by atoms with Crippen LogP contribution < -0.4 is 0 Å². The minimum atomic E-state index is -0.451. The van der Waals surface area contributed by atoms with Gasteiger partial charge in [-0.3, -0.25) is 0 Å². The molecule has 3 rings (SSSR count). The number of benzene rings is 2. The Kier molecular flexibility index (Phi) is 2.72. The van der Waals surface area contributed by atoms with Gasteiger partial charge in [-0.1, -0.05) is 42.5 Å². The lowest BCUT2D eigenvalue weighted by Gasteiger charge is -2.03. The van der Waals surface area contributed by atoms with Gasteiger partial charge in [0.1, 0.15) is 5.39 Å². The van der Waals surface area contributed by atoms with E-state index < -0.39 is 4.92 Å². The summed E-state index contributed by atoms with van der Waals surface area (Å²) < 4.78 is 0. The summed E-state index contributed by atoms with van der Waals surface area (Å²) in [5.74, 6) is -0.110. The van der Waals surface area contributed by atoms with Gasteiger partial charge in [0, 0.05) is 0 Å². The third kappa shape index (κ3) is 2.06. The third-order valence-corrected chi connectivity index (χ3v) is 3.07. The number of aromatic amines is 1. The van der Waals surface area contributed by atoms with E-state index in [4.69, 9.17) is 0 Å². The molecule has 0 atom stereocenters. The molecule has 2 aromatic carbocycles. The molecule has 94 valence electrons. The lowest BCUT2D eigenvalue weighted by Crippen LogP contribution is -1.93. The number of nitro groups is 1. The molecule has 0 amide bonds. The molecular formula is C14H11N3O2. The minimum Gasteiger partial charge on any atom is -0.358 e. The molecule has 0 saturated carbocycles. The van der Waals surface area contributed by atoms with Crippen molar-refractivity contribution in [1.29, 1.82) is 0 Å². The van der Waals surface area contributed by atoms with Crippen LogP contribution in [-0.4, -0.2) is 15.1 Å². The zero-order valence-corrected chi connectivity index (χ0v) is 10.0. The van der Waals surface area contributed by atoms with Crippen molar-refractivity contribution in [2.75, 3.05) is 0 Å². The van der Waals surface area contributed by atoms with E-state index in [1.165, 1.54) is 0 Å². The topological polar surface area (TPSA) is 71.8 Å². The van der Waals surface area contributed by atoms with Gasteiger partial charge in [0.2, 0.25) is 0 Å². The van der Waals surface area contributed by atoms with Crippen molar-refractivity contribution in [3.05, 3.63) is 69.8 Å². The normalized spacial score (nSPS) is 10.7. The van der Waals surface area contributed by atoms with E-state index in [1.54, 1.807) is 6.07 Å². The number of nitrogens with one attached hydrogen (secondary N) is 1. The second-order valence-corrected chi connectivity index (χ2v) is 4.31. The molecule has 0 saturated heterocycles. The maximum Gasteiger partial charge on any atom is 0.397 e. The third-order valence-electron chi connectivity index (χ3n) is 3.07. The molecular weight excluding hydrogens is 242 g/mol. The molecule has 0 aliphatic carbocycles. The Morgan fingerprint density at radius 2 is 1.89 bits per heavy atom. The van der Waals surface area contributed by atoms with Crippen molar-refractivity contribution in [2.45, 2.75) is 6.42 Å². The molecule has 0 radical (unpaired) electrons. The van der Waals surface area contributed by atoms with E-state index >= 15 is 0 Å². The van der Waals surface area contributed by atoms with E-state index in [2.05, 4.69) is 10.2 Å². The molecule has 1 heterocycles. The second kappa shape index (κ2) is 4.53. The standard InChI is InChI=1S/C14H11N3O2/c18-17(19)14-13-11(7-4-8-12(13)15-16-14)9-10-5-2-1-3-6-10/h1-8H,9H2,(H,15,16). The van der Waals surface area contributed by atoms with Crippen molar-refractivity contribution in [1.82, 2.24) is 10.2 Å². The van der Waals surface area contributed by atoms with Gasteiger partial charge >= 0.3 is 5.82 Å². The van der Waals surface area contributed by atoms with Crippen LogP contribution in [-0.2, 0) is 6.42 Å². The number of aromatic nitrogens is 2. The first kappa shape index (κ1) is 11.4. The Labute approximate surface area is 109 Å². The SMILES string of the molecule is O=[N+]([O-])c1n[nH]c2cccc(Cc3ccccc3)c12. The summed E-state index contributed by atoms with van der Waals surface area (Å²) in [5, 5.41) is 18.1. The maximum absolute atomic E-state index is 11.0. The fraction of sp³-hybridized carbons (Fsp3) is 0.0714. The second-order valence-electron chi connectivity index (χ2n) is 4.31. The van der Waals surface area contributed by atoms with Crippen LogP contribution in [0.1, 0.15) is 11.1 Å². The molecule has 1 N–H and O–H groups in total. The van der Waals surface area contributed by atoms with Gasteiger partial charge in [-0.15, -0.1) is 0 Å². The summed E-state index contributed by atoms with van der Waals surface area (Å²) in [7, 11) is 0. The average Bonchev–Trinajstić information content (AvgIpc) is 2.85. The smallest absolute Gasteiger partial charge is 0.358 e. The van der Waals surface area contributed by atoms with Crippen LogP contribution in [0.3, 0.4) is 0 Å². The van der Waals surface area contributed by atoms with Crippen LogP contribution in [0.5, 0.6) is 0 Å². The zero-order valence-electron chi connectivity index (χ0n) is 10.0. The van der Waals surface area contributed by atoms with Crippen molar-refractivity contribution in [2.24, 2.45) is 0 Å². The molecule has 3 aromatic rings. The Morgan fingerprint density at radius 1 is 1.11 bits per heavy atom. The fourth-order valence-electron chi connectivity index (χ4n) is 2.22. The molecule has 0 bridgehead atoms. The Bertz CT molecular complexity index is 735. The monoisotopic (exact) mass is 253 g/mol. The number of nitrogens with zero attached hydrogens (tertiary/aromatic N) is 2. The lowest BCUT2D eigenvalue weighted by molar-refractivity contribution is -0.387. The zero-order chi connectivity index (χ0) is 13.2. The van der Waals surface area contributed by atoms with Crippen molar-refractivity contribution >= 4 is 16.7 Å². The van der Waals surface area contributed by atoms with Crippen LogP contribution in [0.15, 0.2) is 48.5 Å². The average molecular weight is 253 g/mol. The van der Waals surface area contributed by atoms with Gasteiger partial charge in [0.25, 0.3) is 0 Å². The summed E-state index contributed by atoms with van der Waals surface area (Å²) in [5.41, 5.74) is 2.72. The Balaban J connectivity index is 2.13. The first-order chi connectivity index (χ1) is 9.25. The number of hydrogen-bond acceptors (Lipinski definition) is 3. The highest BCUT2D eigenvalue weighted by Crippen LogP contribution is 2.27. The molecule has 0 aliphatic rings. The summed E-state index contributed by atoms with van der Waals surface area (Å²) in [6.45, 7) is 0. The first-order valence-corrected chi connectivity index (χ1v) is 5.90. The number of rotatable bonds is 3. The molecule has 0 unspecified atom stereocenters. The molecule has 0 fully saturated rings. The largest absolute Gasteiger partial charge is 0.397 e. The quantitative estimate of drug-likeness (QED) is 0.576. The van der Waals surface area contributed by atoms with Crippen molar-refractivity contribution in [3.63, 3.8) is 0 Å². The summed E-state index contributed by atoms with van der Waals surface area (Å²) >= 11 is 0. The van der Waals surface area contributed by atoms with E-state index in [1.807, 2.05) is 42.5 Å². The van der Waals surface area contributed by atoms with Crippen LogP contribution in [0.25, 0.3) is 10.9 Å². The molecule has 5 nitrogen and oxygen atoms in total. The van der Waals surface area contributed by atoms with Gasteiger partial charge in [0.15, 0.2) is 0 Å². The van der Waals surface area contributed by atoms with Gasteiger partial charge in [-0.25, -0.2) is 0 Å². The molecule has 0 spiro atoms. The van der Waals surface area contributed by atoms with Crippen LogP contribution in [0, 0.1) is 10.1 Å². The van der Waals surface area contributed by atoms with E-state index in [0.29, 0.717) is 17.3 Å². The Hall–Kier alpha value is -2.69. The van der Waals surface area contributed by atoms with Crippen LogP contribution in [0.4, 0.5) is 5.82 Å². The highest BCUT2D eigenvalue weighted by molar-refractivity contribution is 5.90.